The van der Waals surface area contributed by atoms with E-state index in [0.717, 1.165) is 31.5 Å². The van der Waals surface area contributed by atoms with Gasteiger partial charge in [-0.1, -0.05) is 12.8 Å². The number of nitrogens with zero attached hydrogens (tertiary/aromatic N) is 3. The van der Waals surface area contributed by atoms with E-state index in [1.165, 1.54) is 25.4 Å². The van der Waals surface area contributed by atoms with E-state index in [1.807, 2.05) is 10.7 Å². The summed E-state index contributed by atoms with van der Waals surface area (Å²) in [4.78, 5) is 27.0. The Bertz CT molecular complexity index is 762. The summed E-state index contributed by atoms with van der Waals surface area (Å²) in [5, 5.41) is 7.44. The van der Waals surface area contributed by atoms with Crippen molar-refractivity contribution in [2.45, 2.75) is 44.6 Å². The van der Waals surface area contributed by atoms with Crippen molar-refractivity contribution in [2.24, 2.45) is 5.92 Å². The van der Waals surface area contributed by atoms with Crippen LogP contribution in [0.1, 0.15) is 54.9 Å². The Morgan fingerprint density at radius 1 is 1.15 bits per heavy atom. The minimum atomic E-state index is -0.202. The fourth-order valence-electron chi connectivity index (χ4n) is 4.03. The maximum Gasteiger partial charge on any atom is 0.257 e. The molecule has 26 heavy (non-hydrogen) atoms. The lowest BCUT2D eigenvalue weighted by molar-refractivity contribution is -0.121. The van der Waals surface area contributed by atoms with Gasteiger partial charge in [-0.2, -0.15) is 5.10 Å². The number of aromatic nitrogens is 2. The Hall–Kier alpha value is -2.57. The standard InChI is InChI=1S/C19H24N4O3/c24-18(21-17-7-9-20-23(17)16-5-1-2-6-16)14-4-3-10-22(12-14)19(25)15-8-11-26-13-15/h7-9,11,13-14,16H,1-6,10,12H2,(H,21,24). The highest BCUT2D eigenvalue weighted by Gasteiger charge is 2.30. The molecule has 0 spiro atoms. The summed E-state index contributed by atoms with van der Waals surface area (Å²) in [5.41, 5.74) is 0.533. The largest absolute Gasteiger partial charge is 0.472 e. The molecule has 1 aliphatic carbocycles. The van der Waals surface area contributed by atoms with E-state index >= 15 is 0 Å². The van der Waals surface area contributed by atoms with Crippen molar-refractivity contribution in [1.82, 2.24) is 14.7 Å². The molecular weight excluding hydrogens is 332 g/mol. The number of nitrogens with one attached hydrogen (secondary N) is 1. The number of amides is 2. The van der Waals surface area contributed by atoms with Crippen LogP contribution in [0.2, 0.25) is 0 Å². The molecule has 1 aliphatic heterocycles. The van der Waals surface area contributed by atoms with Gasteiger partial charge in [0.2, 0.25) is 5.91 Å². The summed E-state index contributed by atoms with van der Waals surface area (Å²) >= 11 is 0. The summed E-state index contributed by atoms with van der Waals surface area (Å²) in [6.07, 6.45) is 10.9. The second-order valence-electron chi connectivity index (χ2n) is 7.19. The third kappa shape index (κ3) is 3.38. The molecular formula is C19H24N4O3. The normalized spacial score (nSPS) is 21.1. The van der Waals surface area contributed by atoms with Crippen LogP contribution in [0.3, 0.4) is 0 Å². The van der Waals surface area contributed by atoms with Crippen LogP contribution in [0.15, 0.2) is 35.3 Å². The van der Waals surface area contributed by atoms with E-state index in [-0.39, 0.29) is 17.7 Å². The van der Waals surface area contributed by atoms with E-state index in [4.69, 9.17) is 4.42 Å². The van der Waals surface area contributed by atoms with E-state index in [0.29, 0.717) is 24.7 Å². The van der Waals surface area contributed by atoms with Crippen molar-refractivity contribution in [3.63, 3.8) is 0 Å². The van der Waals surface area contributed by atoms with Crippen LogP contribution in [0.4, 0.5) is 5.82 Å². The van der Waals surface area contributed by atoms with Crippen LogP contribution in [0.25, 0.3) is 0 Å². The van der Waals surface area contributed by atoms with Crippen LogP contribution in [-0.4, -0.2) is 39.6 Å². The van der Waals surface area contributed by atoms with Crippen molar-refractivity contribution in [3.8, 4) is 0 Å². The van der Waals surface area contributed by atoms with Gasteiger partial charge in [-0.15, -0.1) is 0 Å². The molecule has 0 aromatic carbocycles. The highest BCUT2D eigenvalue weighted by molar-refractivity contribution is 5.95. The van der Waals surface area contributed by atoms with Crippen LogP contribution in [0.5, 0.6) is 0 Å². The van der Waals surface area contributed by atoms with Crippen molar-refractivity contribution < 1.29 is 14.0 Å². The zero-order valence-corrected chi connectivity index (χ0v) is 14.8. The summed E-state index contributed by atoms with van der Waals surface area (Å²) in [6.45, 7) is 1.11. The number of piperidine rings is 1. The lowest BCUT2D eigenvalue weighted by atomic mass is 9.96. The molecule has 138 valence electrons. The predicted molar refractivity (Wildman–Crippen MR) is 95.7 cm³/mol. The molecule has 1 saturated carbocycles. The fourth-order valence-corrected chi connectivity index (χ4v) is 4.03. The summed E-state index contributed by atoms with van der Waals surface area (Å²) in [5.74, 6) is 0.452. The van der Waals surface area contributed by atoms with Gasteiger partial charge in [0.25, 0.3) is 5.91 Å². The van der Waals surface area contributed by atoms with Crippen molar-refractivity contribution in [3.05, 3.63) is 36.4 Å². The molecule has 7 nitrogen and oxygen atoms in total. The van der Waals surface area contributed by atoms with E-state index in [2.05, 4.69) is 10.4 Å². The average molecular weight is 356 g/mol. The summed E-state index contributed by atoms with van der Waals surface area (Å²) < 4.78 is 6.94. The highest BCUT2D eigenvalue weighted by atomic mass is 16.3. The van der Waals surface area contributed by atoms with Gasteiger partial charge in [0.05, 0.1) is 30.0 Å². The third-order valence-corrected chi connectivity index (χ3v) is 5.44. The molecule has 2 aliphatic rings. The SMILES string of the molecule is O=C(Nc1ccnn1C1CCCC1)C1CCCN(C(=O)c2ccoc2)C1. The minimum Gasteiger partial charge on any atom is -0.472 e. The first-order chi connectivity index (χ1) is 12.7. The topological polar surface area (TPSA) is 80.4 Å². The Kier molecular flexibility index (Phi) is 4.77. The van der Waals surface area contributed by atoms with Gasteiger partial charge in [-0.3, -0.25) is 9.59 Å². The summed E-state index contributed by atoms with van der Waals surface area (Å²) in [6, 6.07) is 3.89. The lowest BCUT2D eigenvalue weighted by Gasteiger charge is -2.31. The number of hydrogen-bond donors (Lipinski definition) is 1. The molecule has 1 N–H and O–H groups in total. The van der Waals surface area contributed by atoms with Gasteiger partial charge >= 0.3 is 0 Å². The van der Waals surface area contributed by atoms with Crippen molar-refractivity contribution in [2.75, 3.05) is 18.4 Å². The second kappa shape index (κ2) is 7.35. The zero-order chi connectivity index (χ0) is 17.9. The van der Waals surface area contributed by atoms with Gasteiger partial charge in [-0.25, -0.2) is 4.68 Å². The van der Waals surface area contributed by atoms with Crippen LogP contribution in [-0.2, 0) is 4.79 Å². The first-order valence-corrected chi connectivity index (χ1v) is 9.38. The molecule has 1 saturated heterocycles. The number of carbonyl (C=O) groups excluding carboxylic acids is 2. The number of carbonyl (C=O) groups is 2. The first-order valence-electron chi connectivity index (χ1n) is 9.38. The number of likely N-dealkylation sites (tertiary alicyclic amines) is 1. The van der Waals surface area contributed by atoms with Crippen LogP contribution in [0, 0.1) is 5.92 Å². The molecule has 0 bridgehead atoms. The van der Waals surface area contributed by atoms with Gasteiger partial charge in [0.1, 0.15) is 12.1 Å². The highest BCUT2D eigenvalue weighted by Crippen LogP contribution is 2.31. The molecule has 0 radical (unpaired) electrons. The van der Waals surface area contributed by atoms with Crippen LogP contribution >= 0.6 is 0 Å². The maximum atomic E-state index is 12.8. The molecule has 2 fully saturated rings. The number of hydrogen-bond acceptors (Lipinski definition) is 4. The quantitative estimate of drug-likeness (QED) is 0.913. The molecule has 2 aromatic heterocycles. The van der Waals surface area contributed by atoms with E-state index < -0.39 is 0 Å². The van der Waals surface area contributed by atoms with Gasteiger partial charge in [0, 0.05) is 19.2 Å². The Labute approximate surface area is 152 Å². The van der Waals surface area contributed by atoms with E-state index in [9.17, 15) is 9.59 Å². The third-order valence-electron chi connectivity index (χ3n) is 5.44. The number of rotatable bonds is 4. The molecule has 4 rings (SSSR count). The molecule has 2 amide bonds. The lowest BCUT2D eigenvalue weighted by Crippen LogP contribution is -2.43. The molecule has 2 aromatic rings. The van der Waals surface area contributed by atoms with Gasteiger partial charge in [-0.05, 0) is 31.7 Å². The van der Waals surface area contributed by atoms with Gasteiger partial charge < -0.3 is 14.6 Å². The second-order valence-corrected chi connectivity index (χ2v) is 7.19. The minimum absolute atomic E-state index is 0.0329. The van der Waals surface area contributed by atoms with Gasteiger partial charge in [0.15, 0.2) is 0 Å². The predicted octanol–water partition coefficient (Wildman–Crippen LogP) is 3.08. The molecule has 7 heteroatoms. The van der Waals surface area contributed by atoms with Crippen molar-refractivity contribution in [1.29, 1.82) is 0 Å². The zero-order valence-electron chi connectivity index (χ0n) is 14.8. The Morgan fingerprint density at radius 2 is 2.00 bits per heavy atom. The summed E-state index contributed by atoms with van der Waals surface area (Å²) in [7, 11) is 0. The van der Waals surface area contributed by atoms with Crippen molar-refractivity contribution >= 4 is 17.6 Å². The maximum absolute atomic E-state index is 12.8. The molecule has 1 unspecified atom stereocenters. The monoisotopic (exact) mass is 356 g/mol. The Balaban J connectivity index is 1.40. The average Bonchev–Trinajstić information content (AvgIpc) is 3.42. The molecule has 1 atom stereocenters. The van der Waals surface area contributed by atoms with E-state index in [1.54, 1.807) is 17.2 Å². The number of furan rings is 1. The molecule has 3 heterocycles. The number of anilines is 1. The fraction of sp³-hybridized carbons (Fsp3) is 0.526. The Morgan fingerprint density at radius 3 is 2.77 bits per heavy atom. The smallest absolute Gasteiger partial charge is 0.257 e. The first kappa shape index (κ1) is 16.9. The van der Waals surface area contributed by atoms with Crippen LogP contribution < -0.4 is 5.32 Å².